The standard InChI is InChI=1S/C16H19NO3/c1-5-11-8-13-9-12(10(2)16(18)19-4)6-7-14(13)20-15(11)17-3/h5-7,9-10H,8H2,1-4H3/b11-5-,17-15?. The van der Waals surface area contributed by atoms with Crippen LogP contribution in [-0.4, -0.2) is 26.0 Å². The van der Waals surface area contributed by atoms with Gasteiger partial charge in [-0.15, -0.1) is 0 Å². The van der Waals surface area contributed by atoms with E-state index in [1.165, 1.54) is 7.11 Å². The quantitative estimate of drug-likeness (QED) is 0.778. The first-order valence-electron chi connectivity index (χ1n) is 6.61. The first-order valence-corrected chi connectivity index (χ1v) is 6.61. The lowest BCUT2D eigenvalue weighted by Crippen LogP contribution is -2.20. The van der Waals surface area contributed by atoms with Gasteiger partial charge in [-0.1, -0.05) is 18.2 Å². The van der Waals surface area contributed by atoms with Crippen molar-refractivity contribution in [1.29, 1.82) is 0 Å². The molecule has 1 aromatic carbocycles. The molecule has 0 N–H and O–H groups in total. The van der Waals surface area contributed by atoms with Crippen LogP contribution in [0.5, 0.6) is 5.75 Å². The molecular formula is C16H19NO3. The Morgan fingerprint density at radius 2 is 2.25 bits per heavy atom. The summed E-state index contributed by atoms with van der Waals surface area (Å²) in [5, 5.41) is 0. The molecule has 0 amide bonds. The van der Waals surface area contributed by atoms with E-state index in [-0.39, 0.29) is 11.9 Å². The highest BCUT2D eigenvalue weighted by Gasteiger charge is 2.22. The third kappa shape index (κ3) is 2.59. The van der Waals surface area contributed by atoms with E-state index in [2.05, 4.69) is 4.99 Å². The molecule has 0 saturated carbocycles. The Labute approximate surface area is 119 Å². The summed E-state index contributed by atoms with van der Waals surface area (Å²) in [5.41, 5.74) is 3.06. The third-order valence-electron chi connectivity index (χ3n) is 3.55. The van der Waals surface area contributed by atoms with Crippen LogP contribution in [0.15, 0.2) is 34.8 Å². The molecule has 1 aromatic rings. The summed E-state index contributed by atoms with van der Waals surface area (Å²) in [6.07, 6.45) is 2.77. The number of allylic oxidation sites excluding steroid dienone is 1. The number of esters is 1. The molecule has 1 unspecified atom stereocenters. The molecular weight excluding hydrogens is 254 g/mol. The molecule has 0 aromatic heterocycles. The van der Waals surface area contributed by atoms with Crippen LogP contribution < -0.4 is 4.74 Å². The highest BCUT2D eigenvalue weighted by molar-refractivity contribution is 5.97. The van der Waals surface area contributed by atoms with Crippen molar-refractivity contribution in [3.8, 4) is 5.75 Å². The fourth-order valence-corrected chi connectivity index (χ4v) is 2.28. The zero-order chi connectivity index (χ0) is 14.7. The van der Waals surface area contributed by atoms with E-state index in [4.69, 9.17) is 9.47 Å². The van der Waals surface area contributed by atoms with Crippen molar-refractivity contribution in [2.75, 3.05) is 14.2 Å². The molecule has 4 heteroatoms. The Hall–Kier alpha value is -2.10. The molecule has 1 aliphatic heterocycles. The van der Waals surface area contributed by atoms with Crippen LogP contribution in [0.2, 0.25) is 0 Å². The fourth-order valence-electron chi connectivity index (χ4n) is 2.28. The van der Waals surface area contributed by atoms with Gasteiger partial charge >= 0.3 is 5.97 Å². The SMILES string of the molecule is C/C=C1/Cc2cc(C(C)C(=O)OC)ccc2OC1=NC. The smallest absolute Gasteiger partial charge is 0.312 e. The molecule has 0 saturated heterocycles. The number of hydrogen-bond donors (Lipinski definition) is 0. The average molecular weight is 273 g/mol. The van der Waals surface area contributed by atoms with Gasteiger partial charge in [0.05, 0.1) is 13.0 Å². The highest BCUT2D eigenvalue weighted by Crippen LogP contribution is 2.31. The van der Waals surface area contributed by atoms with Gasteiger partial charge < -0.3 is 9.47 Å². The number of aliphatic imine (C=N–C) groups is 1. The lowest BCUT2D eigenvalue weighted by molar-refractivity contribution is -0.141. The number of ether oxygens (including phenoxy) is 2. The number of fused-ring (bicyclic) bond motifs is 1. The second kappa shape index (κ2) is 5.90. The lowest BCUT2D eigenvalue weighted by Gasteiger charge is -2.22. The van der Waals surface area contributed by atoms with E-state index in [1.54, 1.807) is 7.05 Å². The average Bonchev–Trinajstić information content (AvgIpc) is 2.51. The highest BCUT2D eigenvalue weighted by atomic mass is 16.5. The molecule has 0 aliphatic carbocycles. The molecule has 0 bridgehead atoms. The van der Waals surface area contributed by atoms with Crippen molar-refractivity contribution >= 4 is 11.9 Å². The second-order valence-electron chi connectivity index (χ2n) is 4.73. The van der Waals surface area contributed by atoms with Crippen molar-refractivity contribution < 1.29 is 14.3 Å². The summed E-state index contributed by atoms with van der Waals surface area (Å²) in [4.78, 5) is 15.8. The lowest BCUT2D eigenvalue weighted by atomic mass is 9.94. The molecule has 0 spiro atoms. The zero-order valence-electron chi connectivity index (χ0n) is 12.3. The molecule has 106 valence electrons. The summed E-state index contributed by atoms with van der Waals surface area (Å²) in [6.45, 7) is 3.81. The number of nitrogens with zero attached hydrogens (tertiary/aromatic N) is 1. The Morgan fingerprint density at radius 1 is 1.50 bits per heavy atom. The number of carbonyl (C=O) groups excluding carboxylic acids is 1. The van der Waals surface area contributed by atoms with E-state index in [1.807, 2.05) is 38.1 Å². The predicted molar refractivity (Wildman–Crippen MR) is 78.3 cm³/mol. The Balaban J connectivity index is 2.36. The number of hydrogen-bond acceptors (Lipinski definition) is 4. The topological polar surface area (TPSA) is 47.9 Å². The maximum Gasteiger partial charge on any atom is 0.312 e. The first-order chi connectivity index (χ1) is 9.60. The predicted octanol–water partition coefficient (Wildman–Crippen LogP) is 2.87. The van der Waals surface area contributed by atoms with Gasteiger partial charge in [0, 0.05) is 19.0 Å². The molecule has 2 rings (SSSR count). The first kappa shape index (κ1) is 14.3. The number of methoxy groups -OCH3 is 1. The molecule has 1 heterocycles. The maximum absolute atomic E-state index is 11.6. The summed E-state index contributed by atoms with van der Waals surface area (Å²) >= 11 is 0. The van der Waals surface area contributed by atoms with Crippen molar-refractivity contribution in [3.63, 3.8) is 0 Å². The number of carbonyl (C=O) groups is 1. The van der Waals surface area contributed by atoms with Crippen LogP contribution >= 0.6 is 0 Å². The Morgan fingerprint density at radius 3 is 2.85 bits per heavy atom. The third-order valence-corrected chi connectivity index (χ3v) is 3.55. The summed E-state index contributed by atoms with van der Waals surface area (Å²) < 4.78 is 10.6. The summed E-state index contributed by atoms with van der Waals surface area (Å²) in [5.74, 6) is 0.954. The van der Waals surface area contributed by atoms with Gasteiger partial charge in [0.25, 0.3) is 0 Å². The van der Waals surface area contributed by atoms with Crippen molar-refractivity contribution in [1.82, 2.24) is 0 Å². The molecule has 1 atom stereocenters. The van der Waals surface area contributed by atoms with Gasteiger partial charge in [-0.2, -0.15) is 0 Å². The zero-order valence-corrected chi connectivity index (χ0v) is 12.3. The van der Waals surface area contributed by atoms with Crippen LogP contribution in [0.25, 0.3) is 0 Å². The minimum absolute atomic E-state index is 0.233. The van der Waals surface area contributed by atoms with Gasteiger partial charge in [-0.3, -0.25) is 9.79 Å². The van der Waals surface area contributed by atoms with Crippen molar-refractivity contribution in [3.05, 3.63) is 41.0 Å². The number of benzene rings is 1. The maximum atomic E-state index is 11.6. The van der Waals surface area contributed by atoms with Crippen molar-refractivity contribution in [2.24, 2.45) is 4.99 Å². The second-order valence-corrected chi connectivity index (χ2v) is 4.73. The molecule has 1 aliphatic rings. The fraction of sp³-hybridized carbons (Fsp3) is 0.375. The Bertz CT molecular complexity index is 587. The largest absolute Gasteiger partial charge is 0.469 e. The van der Waals surface area contributed by atoms with E-state index < -0.39 is 0 Å². The number of rotatable bonds is 2. The molecule has 0 fully saturated rings. The van der Waals surface area contributed by atoms with Gasteiger partial charge in [-0.05, 0) is 31.0 Å². The van der Waals surface area contributed by atoms with Gasteiger partial charge in [-0.25, -0.2) is 0 Å². The van der Waals surface area contributed by atoms with Crippen molar-refractivity contribution in [2.45, 2.75) is 26.2 Å². The van der Waals surface area contributed by atoms with E-state index in [0.717, 1.165) is 28.9 Å². The van der Waals surface area contributed by atoms with Crippen LogP contribution in [-0.2, 0) is 16.0 Å². The van der Waals surface area contributed by atoms with Gasteiger partial charge in [0.1, 0.15) is 5.75 Å². The van der Waals surface area contributed by atoms with Crippen LogP contribution in [0.4, 0.5) is 0 Å². The summed E-state index contributed by atoms with van der Waals surface area (Å²) in [6, 6.07) is 5.79. The van der Waals surface area contributed by atoms with Crippen LogP contribution in [0, 0.1) is 0 Å². The minimum atomic E-state index is -0.277. The Kier molecular flexibility index (Phi) is 4.23. The van der Waals surface area contributed by atoms with E-state index in [0.29, 0.717) is 5.90 Å². The van der Waals surface area contributed by atoms with E-state index >= 15 is 0 Å². The summed E-state index contributed by atoms with van der Waals surface area (Å²) in [7, 11) is 3.12. The van der Waals surface area contributed by atoms with Crippen LogP contribution in [0.1, 0.15) is 30.9 Å². The molecule has 4 nitrogen and oxygen atoms in total. The normalized spacial score (nSPS) is 19.4. The van der Waals surface area contributed by atoms with Crippen LogP contribution in [0.3, 0.4) is 0 Å². The molecule has 0 radical (unpaired) electrons. The van der Waals surface area contributed by atoms with Gasteiger partial charge in [0.15, 0.2) is 0 Å². The van der Waals surface area contributed by atoms with E-state index in [9.17, 15) is 4.79 Å². The monoisotopic (exact) mass is 273 g/mol. The minimum Gasteiger partial charge on any atom is -0.469 e. The molecule has 20 heavy (non-hydrogen) atoms. The van der Waals surface area contributed by atoms with Gasteiger partial charge in [0.2, 0.25) is 5.90 Å².